The molecule has 0 saturated heterocycles. The van der Waals surface area contributed by atoms with E-state index in [-0.39, 0.29) is 31.8 Å². The smallest absolute Gasteiger partial charge is 0.303 e. The highest BCUT2D eigenvalue weighted by molar-refractivity contribution is 7.19. The van der Waals surface area contributed by atoms with E-state index >= 15 is 0 Å². The number of aromatic amines is 1. The van der Waals surface area contributed by atoms with Crippen molar-refractivity contribution in [2.75, 3.05) is 13.7 Å². The van der Waals surface area contributed by atoms with E-state index in [0.717, 1.165) is 39.2 Å². The van der Waals surface area contributed by atoms with Crippen molar-refractivity contribution in [1.29, 1.82) is 0 Å². The molecule has 0 radical (unpaired) electrons. The van der Waals surface area contributed by atoms with Gasteiger partial charge < -0.3 is 23.8 Å². The van der Waals surface area contributed by atoms with Gasteiger partial charge >= 0.3 is 5.97 Å². The lowest BCUT2D eigenvalue weighted by Crippen LogP contribution is -2.40. The number of esters is 1. The SMILES string of the molecule is COc1ccc2[nH]c3c(c2c1)CCN(C(=O)c1sc(Cl)c(Cl)c1Cl)C3c1ccc(COC(C)=O)o1. The van der Waals surface area contributed by atoms with Crippen LogP contribution in [0.25, 0.3) is 10.9 Å². The van der Waals surface area contributed by atoms with Gasteiger partial charge in [0.15, 0.2) is 0 Å². The number of ether oxygens (including phenoxy) is 2. The van der Waals surface area contributed by atoms with Gasteiger partial charge in [0.1, 0.15) is 39.1 Å². The Morgan fingerprint density at radius 1 is 1.20 bits per heavy atom. The Hall–Kier alpha value is -2.65. The summed E-state index contributed by atoms with van der Waals surface area (Å²) in [5.41, 5.74) is 2.81. The highest BCUT2D eigenvalue weighted by atomic mass is 35.5. The van der Waals surface area contributed by atoms with E-state index in [4.69, 9.17) is 48.7 Å². The molecule has 0 fully saturated rings. The largest absolute Gasteiger partial charge is 0.497 e. The lowest BCUT2D eigenvalue weighted by molar-refractivity contribution is -0.142. The molecule has 35 heavy (non-hydrogen) atoms. The average molecular weight is 554 g/mol. The molecule has 11 heteroatoms. The number of rotatable bonds is 5. The standard InChI is InChI=1S/C24H19Cl3N2O5S/c1-11(30)33-10-13-4-6-17(34-13)21-20-14(15-9-12(32-2)3-5-16(15)28-20)7-8-29(21)24(31)22-18(25)19(26)23(27)35-22/h3-6,9,21,28H,7-8,10H2,1-2H3. The van der Waals surface area contributed by atoms with Gasteiger partial charge in [0, 0.05) is 24.4 Å². The first-order valence-electron chi connectivity index (χ1n) is 10.6. The maximum Gasteiger partial charge on any atom is 0.303 e. The van der Waals surface area contributed by atoms with Crippen LogP contribution in [0.15, 0.2) is 34.7 Å². The number of hydrogen-bond acceptors (Lipinski definition) is 6. The summed E-state index contributed by atoms with van der Waals surface area (Å²) < 4.78 is 16.8. The van der Waals surface area contributed by atoms with Crippen molar-refractivity contribution >= 4 is 68.9 Å². The Balaban J connectivity index is 1.62. The van der Waals surface area contributed by atoms with Gasteiger partial charge in [-0.3, -0.25) is 9.59 Å². The molecule has 4 heterocycles. The molecule has 1 unspecified atom stereocenters. The zero-order valence-corrected chi connectivity index (χ0v) is 21.7. The molecule has 0 bridgehead atoms. The van der Waals surface area contributed by atoms with Crippen LogP contribution in [0.5, 0.6) is 5.75 Å². The summed E-state index contributed by atoms with van der Waals surface area (Å²) in [4.78, 5) is 30.4. The fourth-order valence-electron chi connectivity index (χ4n) is 4.33. The summed E-state index contributed by atoms with van der Waals surface area (Å²) in [7, 11) is 1.62. The van der Waals surface area contributed by atoms with Crippen LogP contribution in [0.3, 0.4) is 0 Å². The van der Waals surface area contributed by atoms with Crippen LogP contribution in [0, 0.1) is 0 Å². The van der Waals surface area contributed by atoms with Gasteiger partial charge in [-0.2, -0.15) is 0 Å². The molecule has 1 atom stereocenters. The van der Waals surface area contributed by atoms with Crippen molar-refractivity contribution in [2.45, 2.75) is 26.0 Å². The van der Waals surface area contributed by atoms with Gasteiger partial charge in [0.05, 0.1) is 22.8 Å². The topological polar surface area (TPSA) is 84.8 Å². The summed E-state index contributed by atoms with van der Waals surface area (Å²) >= 11 is 19.7. The number of H-pyrrole nitrogens is 1. The molecule has 3 aromatic heterocycles. The van der Waals surface area contributed by atoms with E-state index in [0.29, 0.717) is 24.5 Å². The highest BCUT2D eigenvalue weighted by Gasteiger charge is 2.38. The molecule has 5 rings (SSSR count). The molecule has 182 valence electrons. The summed E-state index contributed by atoms with van der Waals surface area (Å²) in [6.07, 6.45) is 0.607. The van der Waals surface area contributed by atoms with Crippen LogP contribution in [0.1, 0.15) is 45.4 Å². The van der Waals surface area contributed by atoms with E-state index < -0.39 is 12.0 Å². The molecule has 0 saturated carbocycles. The van der Waals surface area contributed by atoms with Gasteiger partial charge in [0.2, 0.25) is 0 Å². The second kappa shape index (κ2) is 9.43. The first kappa shape index (κ1) is 24.1. The van der Waals surface area contributed by atoms with Crippen LogP contribution in [0.2, 0.25) is 14.4 Å². The third-order valence-corrected chi connectivity index (χ3v) is 8.48. The number of fused-ring (bicyclic) bond motifs is 3. The Kier molecular flexibility index (Phi) is 6.48. The summed E-state index contributed by atoms with van der Waals surface area (Å²) in [5, 5.41) is 1.31. The van der Waals surface area contributed by atoms with Gasteiger partial charge in [0.25, 0.3) is 5.91 Å². The number of methoxy groups -OCH3 is 1. The molecule has 1 N–H and O–H groups in total. The van der Waals surface area contributed by atoms with Crippen molar-refractivity contribution in [1.82, 2.24) is 9.88 Å². The lowest BCUT2D eigenvalue weighted by Gasteiger charge is -2.34. The molecule has 1 aliphatic heterocycles. The minimum atomic E-state index is -0.577. The molecular formula is C24H19Cl3N2O5S. The molecule has 0 spiro atoms. The predicted octanol–water partition coefficient (Wildman–Crippen LogP) is 6.64. The first-order chi connectivity index (χ1) is 16.8. The predicted molar refractivity (Wildman–Crippen MR) is 135 cm³/mol. The molecule has 1 amide bonds. The maximum absolute atomic E-state index is 13.7. The van der Waals surface area contributed by atoms with Crippen molar-refractivity contribution in [3.05, 3.63) is 72.4 Å². The molecule has 4 aromatic rings. The minimum absolute atomic E-state index is 0.00523. The normalized spacial score (nSPS) is 15.3. The van der Waals surface area contributed by atoms with E-state index in [2.05, 4.69) is 4.98 Å². The summed E-state index contributed by atoms with van der Waals surface area (Å²) in [6, 6.07) is 8.73. The zero-order valence-electron chi connectivity index (χ0n) is 18.6. The molecule has 1 aromatic carbocycles. The third-order valence-electron chi connectivity index (χ3n) is 5.92. The number of nitrogens with zero attached hydrogens (tertiary/aromatic N) is 1. The molecular weight excluding hydrogens is 535 g/mol. The van der Waals surface area contributed by atoms with Crippen LogP contribution in [0.4, 0.5) is 0 Å². The number of carbonyl (C=O) groups excluding carboxylic acids is 2. The Morgan fingerprint density at radius 2 is 2.00 bits per heavy atom. The Bertz CT molecular complexity index is 1460. The zero-order chi connectivity index (χ0) is 24.9. The number of thiophene rings is 1. The second-order valence-corrected chi connectivity index (χ2v) is 10.4. The maximum atomic E-state index is 13.7. The Labute approximate surface area is 219 Å². The van der Waals surface area contributed by atoms with Gasteiger partial charge in [-0.25, -0.2) is 0 Å². The molecule has 1 aliphatic rings. The number of amides is 1. The van der Waals surface area contributed by atoms with Crippen molar-refractivity contribution in [3.63, 3.8) is 0 Å². The number of furan rings is 1. The fraction of sp³-hybridized carbons (Fsp3) is 0.250. The first-order valence-corrected chi connectivity index (χ1v) is 12.6. The number of hydrogen-bond donors (Lipinski definition) is 1. The van der Waals surface area contributed by atoms with Gasteiger partial charge in [-0.1, -0.05) is 34.8 Å². The number of halogens is 3. The van der Waals surface area contributed by atoms with Crippen molar-refractivity contribution in [3.8, 4) is 5.75 Å². The average Bonchev–Trinajstić information content (AvgIpc) is 3.53. The van der Waals surface area contributed by atoms with Crippen molar-refractivity contribution in [2.24, 2.45) is 0 Å². The van der Waals surface area contributed by atoms with E-state index in [1.165, 1.54) is 6.92 Å². The van der Waals surface area contributed by atoms with Crippen LogP contribution < -0.4 is 4.74 Å². The van der Waals surface area contributed by atoms with Gasteiger partial charge in [-0.05, 0) is 42.3 Å². The number of benzene rings is 1. The summed E-state index contributed by atoms with van der Waals surface area (Å²) in [6.45, 7) is 1.73. The minimum Gasteiger partial charge on any atom is -0.497 e. The quantitative estimate of drug-likeness (QED) is 0.280. The van der Waals surface area contributed by atoms with Gasteiger partial charge in [-0.15, -0.1) is 11.3 Å². The van der Waals surface area contributed by atoms with E-state index in [1.807, 2.05) is 18.2 Å². The highest BCUT2D eigenvalue weighted by Crippen LogP contribution is 2.44. The Morgan fingerprint density at radius 3 is 2.69 bits per heavy atom. The van der Waals surface area contributed by atoms with Crippen LogP contribution in [-0.4, -0.2) is 35.4 Å². The summed E-state index contributed by atoms with van der Waals surface area (Å²) in [5.74, 6) is 1.01. The number of aromatic nitrogens is 1. The fourth-order valence-corrected chi connectivity index (χ4v) is 6.09. The second-order valence-electron chi connectivity index (χ2n) is 8.00. The lowest BCUT2D eigenvalue weighted by atomic mass is 9.95. The van der Waals surface area contributed by atoms with Crippen LogP contribution in [-0.2, 0) is 22.6 Å². The van der Waals surface area contributed by atoms with Crippen LogP contribution >= 0.6 is 46.1 Å². The molecule has 7 nitrogen and oxygen atoms in total. The van der Waals surface area contributed by atoms with E-state index in [9.17, 15) is 9.59 Å². The third kappa shape index (κ3) is 4.29. The monoisotopic (exact) mass is 552 g/mol. The van der Waals surface area contributed by atoms with E-state index in [1.54, 1.807) is 24.1 Å². The van der Waals surface area contributed by atoms with Crippen molar-refractivity contribution < 1.29 is 23.5 Å². The molecule has 0 aliphatic carbocycles. The number of carbonyl (C=O) groups is 2. The number of nitrogens with one attached hydrogen (secondary N) is 1.